The summed E-state index contributed by atoms with van der Waals surface area (Å²) in [7, 11) is 0. The smallest absolute Gasteiger partial charge is 0.317 e. The quantitative estimate of drug-likeness (QED) is 0.573. The van der Waals surface area contributed by atoms with Crippen LogP contribution in [0, 0.1) is 0 Å². The summed E-state index contributed by atoms with van der Waals surface area (Å²) in [5, 5.41) is 16.2. The maximum atomic E-state index is 12.1. The van der Waals surface area contributed by atoms with Crippen molar-refractivity contribution < 1.29 is 28.9 Å². The molecule has 4 fully saturated rings. The van der Waals surface area contributed by atoms with Gasteiger partial charge in [0.25, 0.3) is 0 Å². The van der Waals surface area contributed by atoms with Gasteiger partial charge in [-0.3, -0.25) is 4.79 Å². The van der Waals surface area contributed by atoms with Crippen LogP contribution in [0.2, 0.25) is 0 Å². The number of hydrogen-bond acceptors (Lipinski definition) is 6. The SMILES string of the molecule is O=C(C[C@@H]1C[C@H]2O[C@H](CNC(=O)N3CCOCC3)[C@@H](O)[C@H]2O1)NC1CC1. The molecule has 3 heterocycles. The van der Waals surface area contributed by atoms with E-state index in [1.807, 2.05) is 0 Å². The number of fused-ring (bicyclic) bond motifs is 1. The van der Waals surface area contributed by atoms with Gasteiger partial charge in [0.1, 0.15) is 18.3 Å². The molecule has 26 heavy (non-hydrogen) atoms. The molecule has 0 radical (unpaired) electrons. The van der Waals surface area contributed by atoms with Crippen LogP contribution < -0.4 is 10.6 Å². The molecule has 1 saturated carbocycles. The topological polar surface area (TPSA) is 109 Å². The van der Waals surface area contributed by atoms with E-state index in [1.54, 1.807) is 4.90 Å². The molecular formula is C17H27N3O6. The van der Waals surface area contributed by atoms with Crippen molar-refractivity contribution in [2.24, 2.45) is 0 Å². The van der Waals surface area contributed by atoms with Crippen molar-refractivity contribution in [3.8, 4) is 0 Å². The molecule has 3 aliphatic heterocycles. The van der Waals surface area contributed by atoms with Gasteiger partial charge >= 0.3 is 6.03 Å². The maximum Gasteiger partial charge on any atom is 0.317 e. The molecule has 146 valence electrons. The molecular weight excluding hydrogens is 342 g/mol. The zero-order valence-electron chi connectivity index (χ0n) is 14.8. The van der Waals surface area contributed by atoms with Crippen LogP contribution >= 0.6 is 0 Å². The minimum Gasteiger partial charge on any atom is -0.388 e. The van der Waals surface area contributed by atoms with Crippen LogP contribution in [0.25, 0.3) is 0 Å². The first-order valence-electron chi connectivity index (χ1n) is 9.49. The van der Waals surface area contributed by atoms with Gasteiger partial charge in [0.15, 0.2) is 0 Å². The average Bonchev–Trinajstić information content (AvgIpc) is 3.29. The summed E-state index contributed by atoms with van der Waals surface area (Å²) in [6.45, 7) is 2.46. The molecule has 0 bridgehead atoms. The molecule has 3 saturated heterocycles. The predicted octanol–water partition coefficient (Wildman–Crippen LogP) is -1.02. The van der Waals surface area contributed by atoms with E-state index >= 15 is 0 Å². The second-order valence-electron chi connectivity index (χ2n) is 7.49. The fraction of sp³-hybridized carbons (Fsp3) is 0.882. The molecule has 0 aromatic rings. The highest BCUT2D eigenvalue weighted by Gasteiger charge is 2.50. The van der Waals surface area contributed by atoms with Gasteiger partial charge in [-0.15, -0.1) is 0 Å². The van der Waals surface area contributed by atoms with E-state index in [0.717, 1.165) is 12.8 Å². The fourth-order valence-corrected chi connectivity index (χ4v) is 3.80. The van der Waals surface area contributed by atoms with Crippen LogP contribution in [0.4, 0.5) is 4.79 Å². The number of carbonyl (C=O) groups excluding carboxylic acids is 2. The largest absolute Gasteiger partial charge is 0.388 e. The van der Waals surface area contributed by atoms with Crippen molar-refractivity contribution >= 4 is 11.9 Å². The first-order valence-corrected chi connectivity index (χ1v) is 9.49. The Balaban J connectivity index is 1.20. The summed E-state index contributed by atoms with van der Waals surface area (Å²) < 4.78 is 16.9. The molecule has 4 rings (SSSR count). The molecule has 0 unspecified atom stereocenters. The van der Waals surface area contributed by atoms with Crippen molar-refractivity contribution in [1.29, 1.82) is 0 Å². The zero-order valence-corrected chi connectivity index (χ0v) is 14.8. The number of aliphatic hydroxyl groups is 1. The number of rotatable bonds is 5. The van der Waals surface area contributed by atoms with E-state index in [0.29, 0.717) is 45.2 Å². The van der Waals surface area contributed by atoms with Gasteiger partial charge in [-0.05, 0) is 12.8 Å². The third-order valence-corrected chi connectivity index (χ3v) is 5.39. The Hall–Kier alpha value is -1.42. The van der Waals surface area contributed by atoms with Crippen LogP contribution in [0.15, 0.2) is 0 Å². The molecule has 1 aliphatic carbocycles. The molecule has 4 aliphatic rings. The number of hydrogen-bond donors (Lipinski definition) is 3. The van der Waals surface area contributed by atoms with Gasteiger partial charge in [0.05, 0.1) is 31.8 Å². The maximum absolute atomic E-state index is 12.1. The molecule has 3 amide bonds. The van der Waals surface area contributed by atoms with Gasteiger partial charge in [-0.1, -0.05) is 0 Å². The van der Waals surface area contributed by atoms with Crippen molar-refractivity contribution in [1.82, 2.24) is 15.5 Å². The van der Waals surface area contributed by atoms with Gasteiger partial charge in [0.2, 0.25) is 5.91 Å². The lowest BCUT2D eigenvalue weighted by molar-refractivity contribution is -0.124. The Morgan fingerprint density at radius 1 is 1.15 bits per heavy atom. The summed E-state index contributed by atoms with van der Waals surface area (Å²) in [6.07, 6.45) is 0.837. The average molecular weight is 369 g/mol. The van der Waals surface area contributed by atoms with Crippen LogP contribution in [0.5, 0.6) is 0 Å². The highest BCUT2D eigenvalue weighted by molar-refractivity contribution is 5.77. The Kier molecular flexibility index (Phi) is 5.30. The van der Waals surface area contributed by atoms with Gasteiger partial charge in [0, 0.05) is 32.1 Å². The molecule has 0 aromatic heterocycles. The Morgan fingerprint density at radius 2 is 1.92 bits per heavy atom. The normalized spacial score (nSPS) is 36.7. The summed E-state index contributed by atoms with van der Waals surface area (Å²) in [6, 6.07) is 0.168. The third-order valence-electron chi connectivity index (χ3n) is 5.39. The standard InChI is InChI=1S/C17H27N3O6/c21-14(19-10-1-2-10)8-11-7-12-16(25-11)15(22)13(26-12)9-18-17(23)20-3-5-24-6-4-20/h10-13,15-16,22H,1-9H2,(H,18,23)(H,19,21)/t11-,12+,13+,15+,16-/m0/s1. The van der Waals surface area contributed by atoms with Crippen molar-refractivity contribution in [3.63, 3.8) is 0 Å². The molecule has 0 spiro atoms. The van der Waals surface area contributed by atoms with Gasteiger partial charge in [-0.2, -0.15) is 0 Å². The summed E-state index contributed by atoms with van der Waals surface area (Å²) in [5.74, 6) is 0.00119. The number of nitrogens with zero attached hydrogens (tertiary/aromatic N) is 1. The lowest BCUT2D eigenvalue weighted by Gasteiger charge is -2.28. The summed E-state index contributed by atoms with van der Waals surface area (Å²) >= 11 is 0. The highest BCUT2D eigenvalue weighted by atomic mass is 16.6. The molecule has 9 nitrogen and oxygen atoms in total. The number of morpholine rings is 1. The lowest BCUT2D eigenvalue weighted by Crippen LogP contribution is -2.49. The van der Waals surface area contributed by atoms with E-state index in [1.165, 1.54) is 0 Å². The minimum atomic E-state index is -0.804. The third kappa shape index (κ3) is 4.11. The zero-order chi connectivity index (χ0) is 18.1. The summed E-state index contributed by atoms with van der Waals surface area (Å²) in [4.78, 5) is 25.7. The number of amides is 3. The van der Waals surface area contributed by atoms with Crippen LogP contribution in [-0.4, -0.2) is 91.4 Å². The second-order valence-corrected chi connectivity index (χ2v) is 7.49. The molecule has 0 aromatic carbocycles. The highest BCUT2D eigenvalue weighted by Crippen LogP contribution is 2.35. The van der Waals surface area contributed by atoms with Crippen molar-refractivity contribution in [2.45, 2.75) is 62.2 Å². The fourth-order valence-electron chi connectivity index (χ4n) is 3.80. The van der Waals surface area contributed by atoms with Crippen LogP contribution in [0.1, 0.15) is 25.7 Å². The molecule has 3 N–H and O–H groups in total. The Morgan fingerprint density at radius 3 is 2.62 bits per heavy atom. The van der Waals surface area contributed by atoms with E-state index < -0.39 is 18.3 Å². The number of urea groups is 1. The summed E-state index contributed by atoms with van der Waals surface area (Å²) in [5.41, 5.74) is 0. The number of ether oxygens (including phenoxy) is 3. The monoisotopic (exact) mass is 369 g/mol. The van der Waals surface area contributed by atoms with Gasteiger partial charge in [-0.25, -0.2) is 4.79 Å². The van der Waals surface area contributed by atoms with E-state index in [9.17, 15) is 14.7 Å². The number of aliphatic hydroxyl groups excluding tert-OH is 1. The first kappa shape index (κ1) is 18.0. The molecule has 9 heteroatoms. The second kappa shape index (κ2) is 7.67. The number of nitrogens with one attached hydrogen (secondary N) is 2. The van der Waals surface area contributed by atoms with E-state index in [4.69, 9.17) is 14.2 Å². The van der Waals surface area contributed by atoms with Gasteiger partial charge < -0.3 is 34.9 Å². The van der Waals surface area contributed by atoms with E-state index in [-0.39, 0.29) is 30.7 Å². The first-order chi connectivity index (χ1) is 12.6. The number of carbonyl (C=O) groups is 2. The van der Waals surface area contributed by atoms with Crippen molar-refractivity contribution in [2.75, 3.05) is 32.8 Å². The lowest BCUT2D eigenvalue weighted by atomic mass is 10.1. The predicted molar refractivity (Wildman–Crippen MR) is 89.5 cm³/mol. The van der Waals surface area contributed by atoms with Crippen LogP contribution in [0.3, 0.4) is 0 Å². The van der Waals surface area contributed by atoms with Crippen LogP contribution in [-0.2, 0) is 19.0 Å². The minimum absolute atomic E-state index is 0.00119. The Bertz CT molecular complexity index is 537. The van der Waals surface area contributed by atoms with Crippen molar-refractivity contribution in [3.05, 3.63) is 0 Å². The molecule has 5 atom stereocenters. The Labute approximate surface area is 152 Å². The van der Waals surface area contributed by atoms with E-state index in [2.05, 4.69) is 10.6 Å².